The van der Waals surface area contributed by atoms with E-state index >= 15 is 0 Å². The van der Waals surface area contributed by atoms with Gasteiger partial charge in [-0.15, -0.1) is 0 Å². The van der Waals surface area contributed by atoms with Crippen molar-refractivity contribution in [2.75, 3.05) is 13.1 Å². The van der Waals surface area contributed by atoms with Gasteiger partial charge < -0.3 is 4.90 Å². The molecule has 3 rings (SSSR count). The molecule has 1 aliphatic heterocycles. The SMILES string of the molecule is Cc1ncn(CC(=O)N2CCCC[C@H](c3ccccc3)C2)c(=O)c1C. The second kappa shape index (κ2) is 7.64. The lowest BCUT2D eigenvalue weighted by Gasteiger charge is -2.25. The number of nitrogens with zero attached hydrogens (tertiary/aromatic N) is 3. The van der Waals surface area contributed by atoms with Crippen LogP contribution in [0.15, 0.2) is 41.5 Å². The number of likely N-dealkylation sites (tertiary alicyclic amines) is 1. The average Bonchev–Trinajstić information content (AvgIpc) is 2.89. The predicted molar refractivity (Wildman–Crippen MR) is 97.6 cm³/mol. The first-order valence-electron chi connectivity index (χ1n) is 8.91. The molecular formula is C20H25N3O2. The maximum atomic E-state index is 12.8. The zero-order chi connectivity index (χ0) is 17.8. The molecule has 5 heteroatoms. The molecule has 0 N–H and O–H groups in total. The Bertz CT molecular complexity index is 798. The van der Waals surface area contributed by atoms with Gasteiger partial charge in [-0.2, -0.15) is 0 Å². The van der Waals surface area contributed by atoms with Crippen LogP contribution in [0.3, 0.4) is 0 Å². The number of aromatic nitrogens is 2. The molecule has 25 heavy (non-hydrogen) atoms. The fraction of sp³-hybridized carbons (Fsp3) is 0.450. The number of hydrogen-bond acceptors (Lipinski definition) is 3. The zero-order valence-corrected chi connectivity index (χ0v) is 14.9. The van der Waals surface area contributed by atoms with Gasteiger partial charge in [0, 0.05) is 30.3 Å². The molecule has 0 bridgehead atoms. The van der Waals surface area contributed by atoms with Gasteiger partial charge in [-0.1, -0.05) is 36.8 Å². The molecule has 2 aromatic rings. The first kappa shape index (κ1) is 17.4. The summed E-state index contributed by atoms with van der Waals surface area (Å²) in [6.07, 6.45) is 4.71. The minimum atomic E-state index is -0.129. The van der Waals surface area contributed by atoms with Crippen LogP contribution in [0, 0.1) is 13.8 Å². The smallest absolute Gasteiger partial charge is 0.256 e. The molecule has 1 amide bonds. The van der Waals surface area contributed by atoms with E-state index in [1.165, 1.54) is 16.5 Å². The van der Waals surface area contributed by atoms with Crippen molar-refractivity contribution < 1.29 is 4.79 Å². The Morgan fingerprint density at radius 3 is 2.72 bits per heavy atom. The Balaban J connectivity index is 1.75. The summed E-state index contributed by atoms with van der Waals surface area (Å²) in [6, 6.07) is 10.4. The van der Waals surface area contributed by atoms with E-state index in [-0.39, 0.29) is 18.0 Å². The van der Waals surface area contributed by atoms with Crippen LogP contribution in [0.2, 0.25) is 0 Å². The van der Waals surface area contributed by atoms with Crippen LogP contribution in [0.25, 0.3) is 0 Å². The Kier molecular flexibility index (Phi) is 5.31. The molecule has 0 saturated carbocycles. The molecule has 1 aromatic carbocycles. The van der Waals surface area contributed by atoms with E-state index in [2.05, 4.69) is 17.1 Å². The first-order chi connectivity index (χ1) is 12.1. The summed E-state index contributed by atoms with van der Waals surface area (Å²) in [6.45, 7) is 5.10. The summed E-state index contributed by atoms with van der Waals surface area (Å²) in [5.41, 5.74) is 2.48. The number of rotatable bonds is 3. The van der Waals surface area contributed by atoms with Crippen molar-refractivity contribution in [3.63, 3.8) is 0 Å². The van der Waals surface area contributed by atoms with Crippen molar-refractivity contribution >= 4 is 5.91 Å². The summed E-state index contributed by atoms with van der Waals surface area (Å²) in [5, 5.41) is 0. The van der Waals surface area contributed by atoms with E-state index in [9.17, 15) is 9.59 Å². The Labute approximate surface area is 148 Å². The molecule has 1 saturated heterocycles. The lowest BCUT2D eigenvalue weighted by atomic mass is 9.94. The van der Waals surface area contributed by atoms with Gasteiger partial charge in [0.25, 0.3) is 5.56 Å². The highest BCUT2D eigenvalue weighted by atomic mass is 16.2. The highest BCUT2D eigenvalue weighted by Gasteiger charge is 2.23. The predicted octanol–water partition coefficient (Wildman–Crippen LogP) is 2.66. The average molecular weight is 339 g/mol. The van der Waals surface area contributed by atoms with Gasteiger partial charge in [-0.05, 0) is 32.3 Å². The van der Waals surface area contributed by atoms with Gasteiger partial charge in [0.05, 0.1) is 6.33 Å². The van der Waals surface area contributed by atoms with Gasteiger partial charge >= 0.3 is 0 Å². The van der Waals surface area contributed by atoms with Gasteiger partial charge in [0.2, 0.25) is 5.91 Å². The fourth-order valence-electron chi connectivity index (χ4n) is 3.40. The van der Waals surface area contributed by atoms with E-state index in [4.69, 9.17) is 0 Å². The largest absolute Gasteiger partial charge is 0.341 e. The number of carbonyl (C=O) groups excluding carboxylic acids is 1. The molecular weight excluding hydrogens is 314 g/mol. The van der Waals surface area contributed by atoms with Crippen molar-refractivity contribution in [3.05, 3.63) is 63.8 Å². The molecule has 1 aromatic heterocycles. The highest BCUT2D eigenvalue weighted by Crippen LogP contribution is 2.26. The maximum absolute atomic E-state index is 12.8. The molecule has 1 fully saturated rings. The van der Waals surface area contributed by atoms with Gasteiger partial charge in [-0.3, -0.25) is 14.2 Å². The molecule has 1 aliphatic rings. The van der Waals surface area contributed by atoms with Crippen molar-refractivity contribution in [3.8, 4) is 0 Å². The molecule has 132 valence electrons. The maximum Gasteiger partial charge on any atom is 0.256 e. The van der Waals surface area contributed by atoms with Crippen LogP contribution in [0.1, 0.15) is 42.0 Å². The van der Waals surface area contributed by atoms with Gasteiger partial charge in [-0.25, -0.2) is 4.98 Å². The second-order valence-corrected chi connectivity index (χ2v) is 6.83. The number of hydrogen-bond donors (Lipinski definition) is 0. The van der Waals surface area contributed by atoms with Gasteiger partial charge in [0.15, 0.2) is 0 Å². The van der Waals surface area contributed by atoms with E-state index in [0.717, 1.165) is 32.4 Å². The minimum absolute atomic E-state index is 0.00464. The van der Waals surface area contributed by atoms with Crippen LogP contribution in [-0.2, 0) is 11.3 Å². The highest BCUT2D eigenvalue weighted by molar-refractivity contribution is 5.76. The van der Waals surface area contributed by atoms with Crippen molar-refractivity contribution in [1.29, 1.82) is 0 Å². The summed E-state index contributed by atoms with van der Waals surface area (Å²) in [4.78, 5) is 31.2. The summed E-state index contributed by atoms with van der Waals surface area (Å²) < 4.78 is 1.42. The molecule has 1 atom stereocenters. The molecule has 0 unspecified atom stereocenters. The third-order valence-electron chi connectivity index (χ3n) is 5.12. The van der Waals surface area contributed by atoms with Gasteiger partial charge in [0.1, 0.15) is 6.54 Å². The standard InChI is InChI=1S/C20H25N3O2/c1-15-16(2)21-14-23(20(15)25)13-19(24)22-11-7-6-10-18(12-22)17-8-4-3-5-9-17/h3-5,8-9,14,18H,6-7,10-13H2,1-2H3/t18-/m0/s1. The van der Waals surface area contributed by atoms with Crippen LogP contribution in [0.4, 0.5) is 0 Å². The third kappa shape index (κ3) is 3.98. The third-order valence-corrected chi connectivity index (χ3v) is 5.12. The Hall–Kier alpha value is -2.43. The molecule has 2 heterocycles. The summed E-state index contributed by atoms with van der Waals surface area (Å²) in [5.74, 6) is 0.359. The number of amides is 1. The fourth-order valence-corrected chi connectivity index (χ4v) is 3.40. The normalized spacial score (nSPS) is 18.0. The monoisotopic (exact) mass is 339 g/mol. The van der Waals surface area contributed by atoms with Crippen molar-refractivity contribution in [2.24, 2.45) is 0 Å². The Morgan fingerprint density at radius 2 is 1.96 bits per heavy atom. The van der Waals surface area contributed by atoms with Crippen LogP contribution < -0.4 is 5.56 Å². The number of carbonyl (C=O) groups is 1. The second-order valence-electron chi connectivity index (χ2n) is 6.83. The Morgan fingerprint density at radius 1 is 1.20 bits per heavy atom. The van der Waals surface area contributed by atoms with Crippen molar-refractivity contribution in [2.45, 2.75) is 45.6 Å². The topological polar surface area (TPSA) is 55.2 Å². The van der Waals surface area contributed by atoms with E-state index in [1.54, 1.807) is 6.92 Å². The molecule has 0 aliphatic carbocycles. The van der Waals surface area contributed by atoms with Crippen LogP contribution in [-0.4, -0.2) is 33.4 Å². The summed E-state index contributed by atoms with van der Waals surface area (Å²) >= 11 is 0. The quantitative estimate of drug-likeness (QED) is 0.864. The summed E-state index contributed by atoms with van der Waals surface area (Å²) in [7, 11) is 0. The molecule has 0 spiro atoms. The van der Waals surface area contributed by atoms with E-state index < -0.39 is 0 Å². The lowest BCUT2D eigenvalue weighted by molar-refractivity contribution is -0.132. The molecule has 0 radical (unpaired) electrons. The first-order valence-corrected chi connectivity index (χ1v) is 8.91. The zero-order valence-electron chi connectivity index (χ0n) is 14.9. The van der Waals surface area contributed by atoms with E-state index in [1.807, 2.05) is 30.0 Å². The van der Waals surface area contributed by atoms with E-state index in [0.29, 0.717) is 17.2 Å². The number of benzene rings is 1. The number of aryl methyl sites for hydroxylation is 1. The van der Waals surface area contributed by atoms with Crippen molar-refractivity contribution in [1.82, 2.24) is 14.5 Å². The minimum Gasteiger partial charge on any atom is -0.341 e. The lowest BCUT2D eigenvalue weighted by Crippen LogP contribution is -2.39. The van der Waals surface area contributed by atoms with Crippen LogP contribution >= 0.6 is 0 Å². The molecule has 5 nitrogen and oxygen atoms in total. The van der Waals surface area contributed by atoms with Crippen LogP contribution in [0.5, 0.6) is 0 Å².